The van der Waals surface area contributed by atoms with E-state index in [1.54, 1.807) is 60.3 Å². The van der Waals surface area contributed by atoms with Crippen LogP contribution < -0.4 is 28.4 Å². The Labute approximate surface area is 840 Å². The van der Waals surface area contributed by atoms with Crippen molar-refractivity contribution in [2.45, 2.75) is 322 Å². The zero-order valence-corrected chi connectivity index (χ0v) is 86.0. The van der Waals surface area contributed by atoms with Crippen molar-refractivity contribution in [2.75, 3.05) is 47.6 Å². The summed E-state index contributed by atoms with van der Waals surface area (Å²) in [6, 6.07) is 13.7. The number of hydrogen-bond donors (Lipinski definition) is 0. The number of fused-ring (bicyclic) bond motifs is 15. The molecular weight excluding hydrogens is 1910 g/mol. The first-order chi connectivity index (χ1) is 64.1. The molecule has 18 atom stereocenters. The zero-order valence-electron chi connectivity index (χ0n) is 81.8. The number of aromatic nitrogens is 6. The molecule has 3 saturated heterocycles. The molecule has 3 aliphatic carbocycles. The van der Waals surface area contributed by atoms with Crippen molar-refractivity contribution < 1.29 is 168 Å². The number of nitrogens with zero attached hydrogens (tertiary/aromatic N) is 9. The molecule has 9 heterocycles. The number of esters is 3. The van der Waals surface area contributed by atoms with Gasteiger partial charge in [-0.15, -0.1) is 0 Å². The van der Waals surface area contributed by atoms with Gasteiger partial charge in [-0.1, -0.05) is 159 Å². The van der Waals surface area contributed by atoms with E-state index in [0.717, 1.165) is 62.6 Å². The maximum absolute atomic E-state index is 14.2. The molecule has 3 aromatic heterocycles. The van der Waals surface area contributed by atoms with Crippen LogP contribution in [0.15, 0.2) is 54.6 Å². The van der Waals surface area contributed by atoms with Gasteiger partial charge in [0.1, 0.15) is 69.4 Å². The van der Waals surface area contributed by atoms with Gasteiger partial charge < -0.3 is 71.7 Å². The first-order valence-corrected chi connectivity index (χ1v) is 48.2. The number of benzene rings is 3. The van der Waals surface area contributed by atoms with E-state index in [-0.39, 0.29) is 136 Å². The SMILES string of the molecule is CC[C@@H]1[C@@H]2CN(C(=O)[C@H](C(C)(C)C)CC(=O)O[C@]3(CC(F)(F)F)C[C@H]3CCCCCc3nc4ccc(OC)cc4nc3O2)[C@@H]1[C-]=O.CC[C@@H]1[C@@H]2CN(C(=O)[C@H](C(C)(C)C)CC(=O)O[C@]3(CC(F)F)C[C@H]3CCCCCc3nc4ccc(OC)cc4nc3O2)[C@@H]1[C-]=O.CC[C@@H]1[C@@H]2CN(C(=O)[C@H](C(C)(C)C)CC(=O)O[C@]3(CCF)C[C@H]3CCCCCc3nc4ccc(OC)cc4nc3O2)[C@@H]1[C-]=O.[V].[V].[V]. The normalized spacial score (nSPS) is 29.1. The number of ether oxygens (including phenoxy) is 9. The van der Waals surface area contributed by atoms with Crippen molar-refractivity contribution in [3.63, 3.8) is 0 Å². The van der Waals surface area contributed by atoms with Crippen molar-refractivity contribution in [1.82, 2.24) is 44.6 Å². The summed E-state index contributed by atoms with van der Waals surface area (Å²) in [5.74, 6) is -4.27. The number of rotatable bonds is 14. The molecule has 3 amide bonds. The molecule has 0 unspecified atom stereocenters. The summed E-state index contributed by atoms with van der Waals surface area (Å²) >= 11 is 0. The van der Waals surface area contributed by atoms with Gasteiger partial charge in [0.05, 0.1) is 124 Å². The van der Waals surface area contributed by atoms with E-state index in [4.69, 9.17) is 72.5 Å². The summed E-state index contributed by atoms with van der Waals surface area (Å²) in [6.07, 6.45) is 8.72. The molecule has 36 heteroatoms. The standard InChI is InChI=1S/C34H43F3N3O6.C34H44F2N3O6.C34H45FN3O6.3V/c1-6-22-27(18-41)40-17-28(22)45-30-25(38-24-13-12-21(44-5)14-26(24)39-30)11-9-7-8-10-20-16-33(20,19-34(35,36)37)46-29(42)15-23(31(40)43)32(2,3)4;1-6-22-27(19-40)39-18-28(22)44-31-25(37-24-13-12-21(43-5)14-26(24)38-31)11-9-7-8-10-20-16-34(20,17-29(35)36)45-30(41)15-23(32(39)42)33(2,3)4;1-6-23-28(20-39)38-19-29(23)43-31-26(36-25-13-12-22(42-5)16-27(25)37-31)11-9-7-8-10-21-18-34(21,14-15-35)44-30(40)17-24(32(38)41)33(2,3)4;;;/h12-14,20,22-23,27-28H,6-11,15-17,19H2,1-5H3;12-14,20,22-23,27-29H,6-11,15-18H2,1-5H3;12-13,16,21,23-24,28-29H,6-11,14-15,17-19H2,1-5H3;;;/q3*-1;;;/t20-,22+,23-,27-,28+,33+;20-,22+,23-,27-,28+,34+;21-,23+,24-,28-,29+,34-;;;/m111.../s1. The maximum atomic E-state index is 14.2. The van der Waals surface area contributed by atoms with Crippen LogP contribution in [0.5, 0.6) is 34.9 Å². The Morgan fingerprint density at radius 2 is 0.725 bits per heavy atom. The first kappa shape index (κ1) is 112. The quantitative estimate of drug-likeness (QED) is 0.0423. The van der Waals surface area contributed by atoms with Crippen molar-refractivity contribution in [3.8, 4) is 34.9 Å². The van der Waals surface area contributed by atoms with Crippen LogP contribution in [-0.4, -0.2) is 213 Å². The van der Waals surface area contributed by atoms with Crippen LogP contribution >= 0.6 is 0 Å². The van der Waals surface area contributed by atoms with Crippen molar-refractivity contribution in [1.29, 1.82) is 0 Å². The Bertz CT molecular complexity index is 5280. The fraction of sp³-hybridized carbons (Fsp3) is 0.676. The number of amides is 3. The molecule has 3 saturated carbocycles. The molecule has 3 radical (unpaired) electrons. The Morgan fingerprint density at radius 3 is 1.01 bits per heavy atom. The number of methoxy groups -OCH3 is 3. The molecule has 753 valence electrons. The van der Waals surface area contributed by atoms with Crippen LogP contribution in [0, 0.1) is 69.5 Å². The summed E-state index contributed by atoms with van der Waals surface area (Å²) in [5, 5.41) is 0. The third kappa shape index (κ3) is 26.2. The monoisotopic (exact) mass is 2040 g/mol. The largest absolute Gasteiger partial charge is 0.540 e. The average Bonchev–Trinajstić information content (AvgIpc) is 1.60. The Hall–Kier alpha value is -8.36. The molecule has 27 nitrogen and oxygen atoms in total. The van der Waals surface area contributed by atoms with Gasteiger partial charge in [0.15, 0.2) is 0 Å². The Kier molecular flexibility index (Phi) is 37.8. The summed E-state index contributed by atoms with van der Waals surface area (Å²) in [4.78, 5) is 153. The van der Waals surface area contributed by atoms with Crippen LogP contribution in [0.1, 0.15) is 254 Å². The fourth-order valence-electron chi connectivity index (χ4n) is 21.3. The van der Waals surface area contributed by atoms with Crippen LogP contribution in [0.4, 0.5) is 26.3 Å². The van der Waals surface area contributed by atoms with E-state index in [9.17, 15) is 69.5 Å². The van der Waals surface area contributed by atoms with Gasteiger partial charge in [-0.25, -0.2) is 57.5 Å². The second-order valence-corrected chi connectivity index (χ2v) is 41.6. The predicted octanol–water partition coefficient (Wildman–Crippen LogP) is 17.6. The van der Waals surface area contributed by atoms with Crippen molar-refractivity contribution in [2.24, 2.45) is 69.5 Å². The molecule has 3 aromatic carbocycles. The van der Waals surface area contributed by atoms with Gasteiger partial charge in [0.25, 0.3) is 0 Å². The minimum atomic E-state index is -4.51. The van der Waals surface area contributed by atoms with E-state index in [1.807, 2.05) is 105 Å². The number of hydrogen-bond acceptors (Lipinski definition) is 24. The number of halogens is 6. The second-order valence-electron chi connectivity index (χ2n) is 41.6. The minimum Gasteiger partial charge on any atom is -0.540 e. The number of carbonyl (C=O) groups excluding carboxylic acids is 9. The van der Waals surface area contributed by atoms with Gasteiger partial charge in [0, 0.05) is 104 Å². The molecule has 15 rings (SSSR count). The van der Waals surface area contributed by atoms with Crippen LogP contribution in [0.3, 0.4) is 0 Å². The van der Waals surface area contributed by atoms with Crippen LogP contribution in [-0.2, 0) is 132 Å². The minimum absolute atomic E-state index is 0. The molecule has 9 aliphatic rings. The smallest absolute Gasteiger partial charge is 0.392 e. The summed E-state index contributed by atoms with van der Waals surface area (Å²) < 4.78 is 135. The van der Waals surface area contributed by atoms with Crippen molar-refractivity contribution in [3.05, 3.63) is 71.7 Å². The van der Waals surface area contributed by atoms with E-state index in [2.05, 4.69) is 12.6 Å². The molecule has 0 spiro atoms. The molecular formula is C102H132F6N9O18V3-3. The molecule has 0 N–H and O–H groups in total. The maximum Gasteiger partial charge on any atom is 0.392 e. The number of alkyl halides is 6. The molecule has 138 heavy (non-hydrogen) atoms. The zero-order chi connectivity index (χ0) is 97.6. The van der Waals surface area contributed by atoms with Gasteiger partial charge in [-0.3, -0.25) is 33.2 Å². The van der Waals surface area contributed by atoms with E-state index < -0.39 is 161 Å². The van der Waals surface area contributed by atoms with Gasteiger partial charge in [0.2, 0.25) is 41.8 Å². The predicted molar refractivity (Wildman–Crippen MR) is 488 cm³/mol. The number of carbonyl (C=O) groups is 6. The summed E-state index contributed by atoms with van der Waals surface area (Å²) in [7, 11) is 4.74. The summed E-state index contributed by atoms with van der Waals surface area (Å²) in [6.45, 7) is 22.1. The van der Waals surface area contributed by atoms with Crippen molar-refractivity contribution >= 4 is 87.6 Å². The van der Waals surface area contributed by atoms with E-state index in [1.165, 1.54) is 14.7 Å². The van der Waals surface area contributed by atoms with Gasteiger partial charge in [-0.05, 0) is 147 Å². The van der Waals surface area contributed by atoms with Crippen LogP contribution in [0.2, 0.25) is 0 Å². The fourth-order valence-corrected chi connectivity index (χ4v) is 21.3. The third-order valence-corrected chi connectivity index (χ3v) is 29.5. The first-order valence-electron chi connectivity index (χ1n) is 48.2. The Morgan fingerprint density at radius 1 is 0.428 bits per heavy atom. The summed E-state index contributed by atoms with van der Waals surface area (Å²) in [5.41, 5.74) is 0.283. The molecule has 6 bridgehead atoms. The number of aryl methyl sites for hydroxylation is 3. The molecule has 6 fully saturated rings. The second kappa shape index (κ2) is 46.8. The third-order valence-electron chi connectivity index (χ3n) is 29.5. The topological polar surface area (TPSA) is 324 Å². The molecule has 6 aromatic rings. The van der Waals surface area contributed by atoms with Crippen LogP contribution in [0.25, 0.3) is 33.1 Å². The molecule has 6 aliphatic heterocycles. The Balaban J connectivity index is 0.000000211. The average molecular weight is 2040 g/mol. The van der Waals surface area contributed by atoms with Gasteiger partial charge >= 0.3 is 24.1 Å². The van der Waals surface area contributed by atoms with E-state index in [0.29, 0.717) is 151 Å². The van der Waals surface area contributed by atoms with E-state index >= 15 is 0 Å². The van der Waals surface area contributed by atoms with Gasteiger partial charge in [-0.2, -0.15) is 13.2 Å².